The predicted octanol–water partition coefficient (Wildman–Crippen LogP) is 0.785. The Bertz CT molecular complexity index is 208. The lowest BCUT2D eigenvalue weighted by atomic mass is 10.2. The molecule has 1 heterocycles. The van der Waals surface area contributed by atoms with E-state index in [1.54, 1.807) is 0 Å². The van der Waals surface area contributed by atoms with Crippen molar-refractivity contribution >= 4 is 5.97 Å². The first kappa shape index (κ1) is 12.5. The maximum absolute atomic E-state index is 11.6. The van der Waals surface area contributed by atoms with Crippen LogP contribution in [0.4, 0.5) is 0 Å². The Morgan fingerprint density at radius 1 is 1.67 bits per heavy atom. The van der Waals surface area contributed by atoms with Crippen molar-refractivity contribution in [3.63, 3.8) is 0 Å². The molecule has 0 bridgehead atoms. The number of carbonyl (C=O) groups excluding carboxylic acids is 1. The first-order chi connectivity index (χ1) is 7.20. The molecule has 1 unspecified atom stereocenters. The summed E-state index contributed by atoms with van der Waals surface area (Å²) in [6.07, 6.45) is 2.88. The lowest BCUT2D eigenvalue weighted by molar-refractivity contribution is -0.150. The normalized spacial score (nSPS) is 24.1. The highest BCUT2D eigenvalue weighted by Crippen LogP contribution is 2.20. The topological polar surface area (TPSA) is 49.8 Å². The molecular weight excluding hydrogens is 194 g/mol. The summed E-state index contributed by atoms with van der Waals surface area (Å²) < 4.78 is 5.10. The zero-order chi connectivity index (χ0) is 11.3. The summed E-state index contributed by atoms with van der Waals surface area (Å²) in [5, 5.41) is 9.15. The second kappa shape index (κ2) is 6.08. The molecular formula is C11H21NO3. The number of rotatable bonds is 5. The van der Waals surface area contributed by atoms with E-state index in [1.807, 2.05) is 18.7 Å². The lowest BCUT2D eigenvalue weighted by Crippen LogP contribution is -2.44. The van der Waals surface area contributed by atoms with Crippen molar-refractivity contribution < 1.29 is 14.6 Å². The van der Waals surface area contributed by atoms with E-state index >= 15 is 0 Å². The van der Waals surface area contributed by atoms with Crippen LogP contribution in [0.25, 0.3) is 0 Å². The Labute approximate surface area is 91.2 Å². The van der Waals surface area contributed by atoms with Crippen molar-refractivity contribution in [3.8, 4) is 0 Å². The third-order valence-corrected chi connectivity index (χ3v) is 2.92. The van der Waals surface area contributed by atoms with E-state index in [0.717, 1.165) is 25.8 Å². The van der Waals surface area contributed by atoms with Crippen LogP contribution in [-0.4, -0.2) is 47.8 Å². The first-order valence-corrected chi connectivity index (χ1v) is 5.74. The first-order valence-electron chi connectivity index (χ1n) is 5.74. The fourth-order valence-electron chi connectivity index (χ4n) is 2.02. The van der Waals surface area contributed by atoms with Gasteiger partial charge in [-0.25, -0.2) is 0 Å². The van der Waals surface area contributed by atoms with Gasteiger partial charge in [-0.2, -0.15) is 0 Å². The molecule has 0 aromatic heterocycles. The largest absolute Gasteiger partial charge is 0.465 e. The van der Waals surface area contributed by atoms with E-state index in [2.05, 4.69) is 0 Å². The van der Waals surface area contributed by atoms with Crippen LogP contribution in [0, 0.1) is 0 Å². The van der Waals surface area contributed by atoms with Gasteiger partial charge in [0, 0.05) is 6.04 Å². The van der Waals surface area contributed by atoms with E-state index in [9.17, 15) is 4.79 Å². The monoisotopic (exact) mass is 215 g/mol. The summed E-state index contributed by atoms with van der Waals surface area (Å²) in [5.41, 5.74) is 0. The second-order valence-electron chi connectivity index (χ2n) is 4.06. The number of ether oxygens (including phenoxy) is 1. The van der Waals surface area contributed by atoms with Gasteiger partial charge < -0.3 is 9.84 Å². The van der Waals surface area contributed by atoms with Crippen LogP contribution in [0.5, 0.6) is 0 Å². The van der Waals surface area contributed by atoms with Gasteiger partial charge in [0.25, 0.3) is 0 Å². The Balaban J connectivity index is 2.44. The van der Waals surface area contributed by atoms with Crippen LogP contribution < -0.4 is 0 Å². The molecule has 0 aliphatic carbocycles. The maximum Gasteiger partial charge on any atom is 0.323 e. The summed E-state index contributed by atoms with van der Waals surface area (Å²) in [6, 6.07) is -0.0922. The lowest BCUT2D eigenvalue weighted by Gasteiger charge is -2.27. The van der Waals surface area contributed by atoms with Crippen LogP contribution in [0.3, 0.4) is 0 Å². The molecule has 2 atom stereocenters. The Morgan fingerprint density at radius 3 is 3.00 bits per heavy atom. The summed E-state index contributed by atoms with van der Waals surface area (Å²) in [7, 11) is 0. The van der Waals surface area contributed by atoms with Crippen LogP contribution in [0.1, 0.15) is 33.1 Å². The van der Waals surface area contributed by atoms with Gasteiger partial charge in [-0.05, 0) is 32.7 Å². The van der Waals surface area contributed by atoms with Gasteiger partial charge in [-0.1, -0.05) is 6.92 Å². The molecule has 1 rings (SSSR count). The minimum Gasteiger partial charge on any atom is -0.465 e. The van der Waals surface area contributed by atoms with E-state index in [0.29, 0.717) is 6.61 Å². The van der Waals surface area contributed by atoms with Gasteiger partial charge >= 0.3 is 5.97 Å². The van der Waals surface area contributed by atoms with Crippen LogP contribution in [0.15, 0.2) is 0 Å². The Kier molecular flexibility index (Phi) is 5.05. The van der Waals surface area contributed by atoms with Crippen molar-refractivity contribution in [3.05, 3.63) is 0 Å². The van der Waals surface area contributed by atoms with Crippen molar-refractivity contribution in [1.29, 1.82) is 0 Å². The molecule has 1 aliphatic heterocycles. The highest BCUT2D eigenvalue weighted by molar-refractivity contribution is 5.75. The minimum absolute atomic E-state index is 0.130. The molecule has 4 heteroatoms. The molecule has 0 saturated carbocycles. The summed E-state index contributed by atoms with van der Waals surface area (Å²) in [5.74, 6) is -0.169. The molecule has 0 radical (unpaired) electrons. The number of hydrogen-bond acceptors (Lipinski definition) is 4. The summed E-state index contributed by atoms with van der Waals surface area (Å²) >= 11 is 0. The van der Waals surface area contributed by atoms with E-state index in [-0.39, 0.29) is 24.7 Å². The van der Waals surface area contributed by atoms with Gasteiger partial charge in [-0.15, -0.1) is 0 Å². The molecule has 0 aromatic carbocycles. The van der Waals surface area contributed by atoms with Gasteiger partial charge in [0.15, 0.2) is 0 Å². The van der Waals surface area contributed by atoms with Crippen molar-refractivity contribution in [1.82, 2.24) is 4.90 Å². The van der Waals surface area contributed by atoms with Gasteiger partial charge in [-0.3, -0.25) is 9.69 Å². The van der Waals surface area contributed by atoms with E-state index < -0.39 is 0 Å². The number of aliphatic hydroxyl groups excluding tert-OH is 1. The van der Waals surface area contributed by atoms with Gasteiger partial charge in [0.05, 0.1) is 13.2 Å². The smallest absolute Gasteiger partial charge is 0.323 e. The fourth-order valence-corrected chi connectivity index (χ4v) is 2.02. The van der Waals surface area contributed by atoms with Gasteiger partial charge in [0.2, 0.25) is 0 Å². The predicted molar refractivity (Wildman–Crippen MR) is 57.5 cm³/mol. The Hall–Kier alpha value is -0.610. The highest BCUT2D eigenvalue weighted by Gasteiger charge is 2.32. The fraction of sp³-hybridized carbons (Fsp3) is 0.909. The standard InChI is InChI=1S/C11H21NO3/c1-3-7-15-11(14)9(2)12-6-4-5-10(12)8-13/h9-10,13H,3-8H2,1-2H3/t9?,10-/m1/s1. The average Bonchev–Trinajstić information content (AvgIpc) is 2.72. The molecule has 1 fully saturated rings. The zero-order valence-corrected chi connectivity index (χ0v) is 9.61. The number of hydrogen-bond donors (Lipinski definition) is 1. The third kappa shape index (κ3) is 3.18. The molecule has 0 spiro atoms. The minimum atomic E-state index is -0.226. The molecule has 15 heavy (non-hydrogen) atoms. The van der Waals surface area contributed by atoms with Gasteiger partial charge in [0.1, 0.15) is 6.04 Å². The number of nitrogens with zero attached hydrogens (tertiary/aromatic N) is 1. The zero-order valence-electron chi connectivity index (χ0n) is 9.61. The molecule has 88 valence electrons. The number of carbonyl (C=O) groups is 1. The molecule has 0 aromatic rings. The number of likely N-dealkylation sites (tertiary alicyclic amines) is 1. The Morgan fingerprint density at radius 2 is 2.40 bits per heavy atom. The van der Waals surface area contributed by atoms with Crippen LogP contribution in [0.2, 0.25) is 0 Å². The average molecular weight is 215 g/mol. The molecule has 1 N–H and O–H groups in total. The quantitative estimate of drug-likeness (QED) is 0.689. The molecule has 4 nitrogen and oxygen atoms in total. The molecule has 0 amide bonds. The van der Waals surface area contributed by atoms with Crippen molar-refractivity contribution in [2.45, 2.75) is 45.2 Å². The third-order valence-electron chi connectivity index (χ3n) is 2.92. The second-order valence-corrected chi connectivity index (χ2v) is 4.06. The summed E-state index contributed by atoms with van der Waals surface area (Å²) in [6.45, 7) is 5.33. The van der Waals surface area contributed by atoms with E-state index in [4.69, 9.17) is 9.84 Å². The van der Waals surface area contributed by atoms with Crippen LogP contribution in [-0.2, 0) is 9.53 Å². The van der Waals surface area contributed by atoms with Crippen LogP contribution >= 0.6 is 0 Å². The van der Waals surface area contributed by atoms with Crippen molar-refractivity contribution in [2.24, 2.45) is 0 Å². The van der Waals surface area contributed by atoms with E-state index in [1.165, 1.54) is 0 Å². The number of aliphatic hydroxyl groups is 1. The highest BCUT2D eigenvalue weighted by atomic mass is 16.5. The SMILES string of the molecule is CCCOC(=O)C(C)N1CCC[C@@H]1CO. The molecule has 1 aliphatic rings. The summed E-state index contributed by atoms with van der Waals surface area (Å²) in [4.78, 5) is 13.6. The number of esters is 1. The molecule has 1 saturated heterocycles. The van der Waals surface area contributed by atoms with Crippen molar-refractivity contribution in [2.75, 3.05) is 19.8 Å². The maximum atomic E-state index is 11.6.